The van der Waals surface area contributed by atoms with Gasteiger partial charge >= 0.3 is 0 Å². The van der Waals surface area contributed by atoms with Crippen molar-refractivity contribution in [3.63, 3.8) is 0 Å². The Bertz CT molecular complexity index is 120. The number of aliphatic hydroxyl groups excluding tert-OH is 1. The average molecular weight is 142 g/mol. The molecule has 0 radical (unpaired) electrons. The molecule has 1 fully saturated rings. The molecule has 2 unspecified atom stereocenters. The monoisotopic (exact) mass is 142 g/mol. The quantitative estimate of drug-likeness (QED) is 0.510. The molecule has 2 nitrogen and oxygen atoms in total. The van der Waals surface area contributed by atoms with E-state index in [1.165, 1.54) is 12.8 Å². The molecule has 1 aliphatic heterocycles. The van der Waals surface area contributed by atoms with Crippen molar-refractivity contribution in [2.75, 3.05) is 13.7 Å². The van der Waals surface area contributed by atoms with Gasteiger partial charge in [0.2, 0.25) is 0 Å². The first-order chi connectivity index (χ1) is 4.95. The van der Waals surface area contributed by atoms with Crippen molar-refractivity contribution >= 4 is 0 Å². The molecule has 58 valence electrons. The SMILES string of the molecule is C1=CC2CC(C1)CO2.CO. The first-order valence-corrected chi connectivity index (χ1v) is 3.68. The molecule has 1 N–H and O–H groups in total. The van der Waals surface area contributed by atoms with Crippen LogP contribution >= 0.6 is 0 Å². The third-order valence-corrected chi connectivity index (χ3v) is 1.93. The van der Waals surface area contributed by atoms with E-state index in [9.17, 15) is 0 Å². The smallest absolute Gasteiger partial charge is 0.0759 e. The fourth-order valence-corrected chi connectivity index (χ4v) is 1.45. The van der Waals surface area contributed by atoms with Crippen LogP contribution in [0.5, 0.6) is 0 Å². The Hall–Kier alpha value is -0.340. The molecule has 2 aliphatic rings. The Balaban J connectivity index is 0.000000231. The predicted molar refractivity (Wildman–Crippen MR) is 39.7 cm³/mol. The first-order valence-electron chi connectivity index (χ1n) is 3.68. The predicted octanol–water partition coefficient (Wildman–Crippen LogP) is 0.960. The van der Waals surface area contributed by atoms with Crippen LogP contribution in [0.4, 0.5) is 0 Å². The van der Waals surface area contributed by atoms with E-state index in [0.717, 1.165) is 19.6 Å². The van der Waals surface area contributed by atoms with Crippen molar-refractivity contribution in [3.8, 4) is 0 Å². The van der Waals surface area contributed by atoms with Crippen LogP contribution in [0.3, 0.4) is 0 Å². The van der Waals surface area contributed by atoms with Crippen LogP contribution < -0.4 is 0 Å². The van der Waals surface area contributed by atoms with E-state index in [0.29, 0.717) is 6.10 Å². The summed E-state index contributed by atoms with van der Waals surface area (Å²) < 4.78 is 5.39. The summed E-state index contributed by atoms with van der Waals surface area (Å²) in [6.45, 7) is 0.998. The first kappa shape index (κ1) is 7.76. The molecule has 0 aromatic heterocycles. The van der Waals surface area contributed by atoms with Gasteiger partial charge in [-0.3, -0.25) is 0 Å². The summed E-state index contributed by atoms with van der Waals surface area (Å²) in [7, 11) is 1.00. The van der Waals surface area contributed by atoms with E-state index in [1.54, 1.807) is 0 Å². The Labute approximate surface area is 61.5 Å². The number of fused-ring (bicyclic) bond motifs is 2. The molecule has 2 bridgehead atoms. The highest BCUT2D eigenvalue weighted by atomic mass is 16.5. The van der Waals surface area contributed by atoms with Gasteiger partial charge in [-0.15, -0.1) is 0 Å². The van der Waals surface area contributed by atoms with Crippen LogP contribution in [0.15, 0.2) is 12.2 Å². The van der Waals surface area contributed by atoms with Gasteiger partial charge in [0.1, 0.15) is 0 Å². The highest BCUT2D eigenvalue weighted by Crippen LogP contribution is 2.27. The van der Waals surface area contributed by atoms with E-state index in [4.69, 9.17) is 9.84 Å². The summed E-state index contributed by atoms with van der Waals surface area (Å²) in [5, 5.41) is 7.00. The zero-order valence-corrected chi connectivity index (χ0v) is 6.29. The molecule has 0 spiro atoms. The molecule has 0 amide bonds. The second kappa shape index (κ2) is 3.74. The van der Waals surface area contributed by atoms with Gasteiger partial charge in [0.05, 0.1) is 12.7 Å². The average Bonchev–Trinajstić information content (AvgIpc) is 2.35. The summed E-state index contributed by atoms with van der Waals surface area (Å²) in [5.74, 6) is 0.852. The second-order valence-electron chi connectivity index (χ2n) is 2.64. The highest BCUT2D eigenvalue weighted by Gasteiger charge is 2.25. The molecule has 2 rings (SSSR count). The minimum absolute atomic E-state index is 0.480. The second-order valence-corrected chi connectivity index (χ2v) is 2.64. The lowest BCUT2D eigenvalue weighted by atomic mass is 9.97. The van der Waals surface area contributed by atoms with E-state index >= 15 is 0 Å². The molecule has 1 saturated heterocycles. The van der Waals surface area contributed by atoms with Gasteiger partial charge in [-0.05, 0) is 18.8 Å². The van der Waals surface area contributed by atoms with Crippen LogP contribution in [0, 0.1) is 5.92 Å². The van der Waals surface area contributed by atoms with Crippen LogP contribution in [0.2, 0.25) is 0 Å². The molecule has 10 heavy (non-hydrogen) atoms. The van der Waals surface area contributed by atoms with Crippen molar-refractivity contribution in [1.82, 2.24) is 0 Å². The van der Waals surface area contributed by atoms with E-state index < -0.39 is 0 Å². The van der Waals surface area contributed by atoms with Crippen molar-refractivity contribution in [2.45, 2.75) is 18.9 Å². The lowest BCUT2D eigenvalue weighted by molar-refractivity contribution is 0.142. The Kier molecular flexibility index (Phi) is 2.90. The van der Waals surface area contributed by atoms with Crippen molar-refractivity contribution in [1.29, 1.82) is 0 Å². The number of hydrogen-bond donors (Lipinski definition) is 1. The number of hydrogen-bond acceptors (Lipinski definition) is 2. The van der Waals surface area contributed by atoms with Gasteiger partial charge in [-0.1, -0.05) is 12.2 Å². The maximum atomic E-state index is 7.00. The molecule has 1 aliphatic carbocycles. The Morgan fingerprint density at radius 1 is 1.50 bits per heavy atom. The highest BCUT2D eigenvalue weighted by molar-refractivity contribution is 5.00. The number of rotatable bonds is 0. The topological polar surface area (TPSA) is 29.5 Å². The maximum Gasteiger partial charge on any atom is 0.0759 e. The largest absolute Gasteiger partial charge is 0.400 e. The summed E-state index contributed by atoms with van der Waals surface area (Å²) in [6, 6.07) is 0. The van der Waals surface area contributed by atoms with Gasteiger partial charge in [-0.25, -0.2) is 0 Å². The molecule has 2 heteroatoms. The van der Waals surface area contributed by atoms with Gasteiger partial charge in [-0.2, -0.15) is 0 Å². The van der Waals surface area contributed by atoms with Crippen LogP contribution in [-0.4, -0.2) is 24.9 Å². The Morgan fingerprint density at radius 2 is 2.30 bits per heavy atom. The third-order valence-electron chi connectivity index (χ3n) is 1.93. The molecular weight excluding hydrogens is 128 g/mol. The summed E-state index contributed by atoms with van der Waals surface area (Å²) in [4.78, 5) is 0. The van der Waals surface area contributed by atoms with Gasteiger partial charge in [0.15, 0.2) is 0 Å². The molecule has 0 aromatic rings. The van der Waals surface area contributed by atoms with Gasteiger partial charge in [0, 0.05) is 7.11 Å². The molecule has 2 atom stereocenters. The summed E-state index contributed by atoms with van der Waals surface area (Å²) in [6.07, 6.45) is 7.43. The number of aliphatic hydroxyl groups is 1. The molecule has 1 heterocycles. The summed E-state index contributed by atoms with van der Waals surface area (Å²) in [5.41, 5.74) is 0. The third kappa shape index (κ3) is 1.58. The maximum absolute atomic E-state index is 7.00. The molecule has 0 saturated carbocycles. The van der Waals surface area contributed by atoms with Crippen LogP contribution in [0.25, 0.3) is 0 Å². The van der Waals surface area contributed by atoms with Crippen molar-refractivity contribution in [3.05, 3.63) is 12.2 Å². The zero-order valence-electron chi connectivity index (χ0n) is 6.29. The lowest BCUT2D eigenvalue weighted by Gasteiger charge is -2.07. The number of allylic oxidation sites excluding steroid dienone is 1. The van der Waals surface area contributed by atoms with Gasteiger partial charge < -0.3 is 9.84 Å². The van der Waals surface area contributed by atoms with Crippen LogP contribution in [-0.2, 0) is 4.74 Å². The fraction of sp³-hybridized carbons (Fsp3) is 0.750. The normalized spacial score (nSPS) is 35.0. The summed E-state index contributed by atoms with van der Waals surface area (Å²) >= 11 is 0. The van der Waals surface area contributed by atoms with Crippen LogP contribution in [0.1, 0.15) is 12.8 Å². The van der Waals surface area contributed by atoms with Crippen molar-refractivity contribution in [2.24, 2.45) is 5.92 Å². The fourth-order valence-electron chi connectivity index (χ4n) is 1.45. The molecule has 0 aromatic carbocycles. The van der Waals surface area contributed by atoms with E-state index in [1.807, 2.05) is 0 Å². The minimum atomic E-state index is 0.480. The van der Waals surface area contributed by atoms with E-state index in [2.05, 4.69) is 12.2 Å². The van der Waals surface area contributed by atoms with Crippen molar-refractivity contribution < 1.29 is 9.84 Å². The number of ether oxygens (including phenoxy) is 1. The lowest BCUT2D eigenvalue weighted by Crippen LogP contribution is -2.03. The standard InChI is InChI=1S/C7H10O.CH4O/c1-2-6-4-7(3-1)8-5-6;1-2/h1,3,6-7H,2,4-5H2;2H,1H3. The van der Waals surface area contributed by atoms with E-state index in [-0.39, 0.29) is 0 Å². The zero-order chi connectivity index (χ0) is 7.40. The Morgan fingerprint density at radius 3 is 2.90 bits per heavy atom. The van der Waals surface area contributed by atoms with Gasteiger partial charge in [0.25, 0.3) is 0 Å². The molecular formula is C8H14O2. The minimum Gasteiger partial charge on any atom is -0.400 e.